The van der Waals surface area contributed by atoms with Crippen LogP contribution in [0.5, 0.6) is 0 Å². The Morgan fingerprint density at radius 3 is 2.65 bits per heavy atom. The summed E-state index contributed by atoms with van der Waals surface area (Å²) in [7, 11) is 0. The lowest BCUT2D eigenvalue weighted by Crippen LogP contribution is -2.39. The zero-order valence-electron chi connectivity index (χ0n) is 28.3. The van der Waals surface area contributed by atoms with Crippen molar-refractivity contribution in [3.63, 3.8) is 0 Å². The zero-order valence-corrected chi connectivity index (χ0v) is 30.1. The summed E-state index contributed by atoms with van der Waals surface area (Å²) >= 11 is 5.22. The number of fused-ring (bicyclic) bond motifs is 2. The van der Waals surface area contributed by atoms with E-state index < -0.39 is 104 Å². The summed E-state index contributed by atoms with van der Waals surface area (Å²) in [5.74, 6) is -2.06. The molecule has 3 aliphatic rings. The monoisotopic (exact) mass is 792 g/mol. The molecule has 0 bridgehead atoms. The molecule has 54 heavy (non-hydrogen) atoms. The molecule has 7 N–H and O–H groups in total. The molecule has 288 valence electrons. The topological polar surface area (TPSA) is 277 Å². The van der Waals surface area contributed by atoms with Gasteiger partial charge in [0, 0.05) is 18.5 Å². The summed E-state index contributed by atoms with van der Waals surface area (Å²) in [5, 5.41) is 24.0. The SMILES string of the molecule is CC(C)C(=O)Nc1nc2c(ncn2[C@@H]2O[C@H](COP(O)(=S)OC3[C@@H](CO)O[C@@]4(n5ccc(N)nc5=O)CC34F)C(OC(=O)c3ccccc3)C2O)c(=O)[nH]1. The minimum absolute atomic E-state index is 0.109. The van der Waals surface area contributed by atoms with Crippen LogP contribution in [0.25, 0.3) is 11.2 Å². The maximum atomic E-state index is 16.4. The molecular weight excluding hydrogens is 758 g/mol. The van der Waals surface area contributed by atoms with Gasteiger partial charge in [-0.3, -0.25) is 33.5 Å². The molecule has 23 heteroatoms. The number of nitrogens with one attached hydrogen (secondary N) is 2. The van der Waals surface area contributed by atoms with Gasteiger partial charge in [-0.05, 0) is 30.0 Å². The normalized spacial score (nSPS) is 29.9. The average molecular weight is 793 g/mol. The average Bonchev–Trinajstić information content (AvgIpc) is 3.34. The van der Waals surface area contributed by atoms with Crippen LogP contribution in [0.2, 0.25) is 0 Å². The number of H-pyrrole nitrogens is 1. The largest absolute Gasteiger partial charge is 0.453 e. The fourth-order valence-electron chi connectivity index (χ4n) is 6.46. The number of rotatable bonds is 12. The van der Waals surface area contributed by atoms with Crippen LogP contribution in [0.3, 0.4) is 0 Å². The second-order valence-corrected chi connectivity index (χ2v) is 15.9. The minimum atomic E-state index is -4.47. The molecule has 5 unspecified atom stereocenters. The van der Waals surface area contributed by atoms with Crippen molar-refractivity contribution in [1.29, 1.82) is 0 Å². The molecule has 9 atom stereocenters. The van der Waals surface area contributed by atoms with Gasteiger partial charge >= 0.3 is 18.4 Å². The Kier molecular flexibility index (Phi) is 9.77. The lowest BCUT2D eigenvalue weighted by Gasteiger charge is -2.27. The Morgan fingerprint density at radius 1 is 1.22 bits per heavy atom. The van der Waals surface area contributed by atoms with Gasteiger partial charge in [0.1, 0.15) is 30.2 Å². The van der Waals surface area contributed by atoms with E-state index in [0.29, 0.717) is 0 Å². The van der Waals surface area contributed by atoms with E-state index in [1.165, 1.54) is 29.0 Å². The molecule has 0 spiro atoms. The number of ether oxygens (including phenoxy) is 3. The molecule has 4 aromatic rings. The van der Waals surface area contributed by atoms with E-state index in [1.54, 1.807) is 32.0 Å². The number of hydrogen-bond donors (Lipinski definition) is 6. The second-order valence-electron chi connectivity index (χ2n) is 13.1. The van der Waals surface area contributed by atoms with E-state index >= 15 is 4.39 Å². The smallest absolute Gasteiger partial charge is 0.351 e. The van der Waals surface area contributed by atoms with Crippen molar-refractivity contribution in [3.05, 3.63) is 75.3 Å². The number of esters is 1. The number of aromatic nitrogens is 6. The number of alkyl halides is 1. The van der Waals surface area contributed by atoms with Crippen LogP contribution in [0, 0.1) is 5.92 Å². The summed E-state index contributed by atoms with van der Waals surface area (Å²) in [5.41, 5.74) is -0.611. The number of nitrogens with two attached hydrogens (primary N) is 1. The summed E-state index contributed by atoms with van der Waals surface area (Å²) in [6.45, 7) is -2.69. The van der Waals surface area contributed by atoms with Gasteiger partial charge in [0.25, 0.3) is 5.56 Å². The van der Waals surface area contributed by atoms with Gasteiger partial charge in [-0.2, -0.15) is 9.97 Å². The number of nitrogen functional groups attached to an aromatic ring is 1. The molecule has 0 radical (unpaired) electrons. The van der Waals surface area contributed by atoms with Gasteiger partial charge in [0.15, 0.2) is 34.9 Å². The number of aliphatic hydroxyl groups excluding tert-OH is 2. The number of imidazole rings is 1. The van der Waals surface area contributed by atoms with E-state index in [2.05, 4.69) is 25.3 Å². The number of carbonyl (C=O) groups is 2. The number of benzene rings is 1. The van der Waals surface area contributed by atoms with Gasteiger partial charge < -0.3 is 39.6 Å². The first-order chi connectivity index (χ1) is 25.6. The molecule has 1 aromatic carbocycles. The molecule has 3 fully saturated rings. The molecule has 1 aliphatic carbocycles. The van der Waals surface area contributed by atoms with Crippen LogP contribution in [-0.2, 0) is 45.6 Å². The zero-order chi connectivity index (χ0) is 38.7. The van der Waals surface area contributed by atoms with Crippen molar-refractivity contribution < 1.29 is 52.3 Å². The highest BCUT2D eigenvalue weighted by Gasteiger charge is 2.84. The predicted molar refractivity (Wildman–Crippen MR) is 186 cm³/mol. The van der Waals surface area contributed by atoms with Gasteiger partial charge in [0.2, 0.25) is 11.9 Å². The third-order valence-electron chi connectivity index (χ3n) is 9.23. The van der Waals surface area contributed by atoms with Crippen molar-refractivity contribution in [2.45, 2.75) is 68.4 Å². The minimum Gasteiger partial charge on any atom is -0.453 e. The third kappa shape index (κ3) is 6.62. The molecule has 2 aliphatic heterocycles. The molecule has 1 saturated carbocycles. The quantitative estimate of drug-likeness (QED) is 0.0801. The van der Waals surface area contributed by atoms with Crippen molar-refractivity contribution in [1.82, 2.24) is 29.1 Å². The number of anilines is 2. The summed E-state index contributed by atoms with van der Waals surface area (Å²) in [6.07, 6.45) is -7.22. The van der Waals surface area contributed by atoms with E-state index in [-0.39, 0.29) is 28.5 Å². The molecular formula is C31H34FN8O12PS. The molecule has 2 saturated heterocycles. The van der Waals surface area contributed by atoms with Crippen molar-refractivity contribution >= 4 is 53.3 Å². The van der Waals surface area contributed by atoms with Gasteiger partial charge in [0.05, 0.1) is 25.1 Å². The van der Waals surface area contributed by atoms with Crippen molar-refractivity contribution in [3.8, 4) is 0 Å². The Bertz CT molecular complexity index is 2280. The lowest BCUT2D eigenvalue weighted by atomic mass is 10.1. The molecule has 1 amide bonds. The number of aliphatic hydroxyl groups is 2. The van der Waals surface area contributed by atoms with E-state index in [0.717, 1.165) is 10.9 Å². The Hall–Kier alpha value is -4.51. The van der Waals surface area contributed by atoms with E-state index in [9.17, 15) is 34.3 Å². The van der Waals surface area contributed by atoms with Crippen molar-refractivity contribution in [2.24, 2.45) is 5.92 Å². The highest BCUT2D eigenvalue weighted by molar-refractivity contribution is 8.07. The molecule has 5 heterocycles. The van der Waals surface area contributed by atoms with E-state index in [1.807, 2.05) is 0 Å². The maximum absolute atomic E-state index is 16.4. The van der Waals surface area contributed by atoms with Crippen LogP contribution in [-0.4, -0.2) is 105 Å². The van der Waals surface area contributed by atoms with Crippen LogP contribution in [0.15, 0.2) is 58.5 Å². The number of amides is 1. The van der Waals surface area contributed by atoms with Gasteiger partial charge in [-0.15, -0.1) is 0 Å². The maximum Gasteiger partial charge on any atom is 0.351 e. The highest BCUT2D eigenvalue weighted by Crippen LogP contribution is 2.68. The molecule has 7 rings (SSSR count). The fraction of sp³-hybridized carbons (Fsp3) is 0.452. The van der Waals surface area contributed by atoms with Gasteiger partial charge in [-0.1, -0.05) is 32.0 Å². The van der Waals surface area contributed by atoms with Crippen LogP contribution in [0.4, 0.5) is 16.2 Å². The lowest BCUT2D eigenvalue weighted by molar-refractivity contribution is -0.118. The first-order valence-electron chi connectivity index (χ1n) is 16.4. The number of aromatic amines is 1. The van der Waals surface area contributed by atoms with Crippen LogP contribution in [0.1, 0.15) is 36.9 Å². The second kappa shape index (κ2) is 14.0. The first-order valence-corrected chi connectivity index (χ1v) is 19.0. The van der Waals surface area contributed by atoms with Crippen LogP contribution >= 0.6 is 6.72 Å². The Labute approximate surface area is 308 Å². The first kappa shape index (κ1) is 37.8. The standard InChI is InChI=1S/C31H34FN8O12PS/c1-14(2)24(43)37-28-36-23-19(25(44)38-28)34-13-39(23)26-20(42)21(50-27(45)15-6-4-3-5-7-15)17(49-26)11-48-53(47,54)52-22-16(10-41)51-31(12-30(22,31)32)40-9-8-18(33)35-29(40)46/h3-9,13-14,16-17,20-22,26,41-42H,10-12H2,1-2H3,(H,47,54)(H2,33,35,46)(H2,36,37,38,43,44)/t16-,17-,20?,21?,22?,26-,30?,31+,53?/m1/s1. The van der Waals surface area contributed by atoms with Crippen LogP contribution < -0.4 is 22.3 Å². The molecule has 3 aromatic heterocycles. The highest BCUT2D eigenvalue weighted by atomic mass is 32.5. The van der Waals surface area contributed by atoms with Gasteiger partial charge in [-0.25, -0.2) is 19.0 Å². The Balaban J connectivity index is 1.14. The summed E-state index contributed by atoms with van der Waals surface area (Å²) < 4.78 is 47.1. The third-order valence-corrected chi connectivity index (χ3v) is 10.8. The fourth-order valence-corrected chi connectivity index (χ4v) is 7.91. The summed E-state index contributed by atoms with van der Waals surface area (Å²) in [4.78, 5) is 76.4. The number of halogens is 1. The van der Waals surface area contributed by atoms with E-state index in [4.69, 9.17) is 40.8 Å². The number of carbonyl (C=O) groups excluding carboxylic acids is 2. The number of nitrogens with zero attached hydrogens (tertiary/aromatic N) is 5. The molecule has 20 nitrogen and oxygen atoms in total. The predicted octanol–water partition coefficient (Wildman–Crippen LogP) is -0.188. The van der Waals surface area contributed by atoms with Crippen molar-refractivity contribution in [2.75, 3.05) is 24.3 Å². The Morgan fingerprint density at radius 2 is 1.96 bits per heavy atom. The number of hydrogen-bond acceptors (Lipinski definition) is 16. The summed E-state index contributed by atoms with van der Waals surface area (Å²) in [6, 6.07) is 9.07.